The molecule has 0 saturated heterocycles. The van der Waals surface area contributed by atoms with E-state index in [0.717, 1.165) is 10.0 Å². The van der Waals surface area contributed by atoms with Crippen molar-refractivity contribution in [3.63, 3.8) is 0 Å². The number of rotatable bonds is 7. The maximum atomic E-state index is 11.8. The Hall–Kier alpha value is -2.09. The van der Waals surface area contributed by atoms with Crippen LogP contribution >= 0.6 is 39.1 Å². The highest BCUT2D eigenvalue weighted by molar-refractivity contribution is 9.10. The monoisotopic (exact) mass is 499 g/mol. The lowest BCUT2D eigenvalue weighted by molar-refractivity contribution is -0.139. The molecule has 0 saturated carbocycles. The van der Waals surface area contributed by atoms with Crippen LogP contribution in [0.25, 0.3) is 0 Å². The second kappa shape index (κ2) is 11.2. The number of benzene rings is 2. The summed E-state index contributed by atoms with van der Waals surface area (Å²) < 4.78 is 6.64. The molecule has 0 aliphatic rings. The highest BCUT2D eigenvalue weighted by Crippen LogP contribution is 2.25. The lowest BCUT2D eigenvalue weighted by atomic mass is 10.2. The van der Waals surface area contributed by atoms with E-state index >= 15 is 0 Å². The van der Waals surface area contributed by atoms with Crippen LogP contribution in [0, 0.1) is 5.92 Å². The predicted molar refractivity (Wildman–Crippen MR) is 119 cm³/mol. The molecule has 0 aromatic heterocycles. The number of nitrogens with one attached hydrogen (secondary N) is 2. The first-order valence-corrected chi connectivity index (χ1v) is 10.3. The second-order valence-corrected chi connectivity index (χ2v) is 8.27. The van der Waals surface area contributed by atoms with Gasteiger partial charge in [-0.1, -0.05) is 59.0 Å². The second-order valence-electron chi connectivity index (χ2n) is 6.51. The Morgan fingerprint density at radius 3 is 2.62 bits per heavy atom. The van der Waals surface area contributed by atoms with Gasteiger partial charge in [0.2, 0.25) is 0 Å². The van der Waals surface area contributed by atoms with Crippen molar-refractivity contribution < 1.29 is 14.3 Å². The van der Waals surface area contributed by atoms with Gasteiger partial charge in [0.1, 0.15) is 12.4 Å². The Balaban J connectivity index is 2.03. The van der Waals surface area contributed by atoms with Gasteiger partial charge in [0.05, 0.1) is 6.21 Å². The molecule has 0 radical (unpaired) electrons. The van der Waals surface area contributed by atoms with Crippen LogP contribution in [0.4, 0.5) is 0 Å². The molecule has 0 aliphatic carbocycles. The summed E-state index contributed by atoms with van der Waals surface area (Å²) in [4.78, 5) is 23.4. The summed E-state index contributed by atoms with van der Waals surface area (Å²) >= 11 is 15.5. The third-order valence-corrected chi connectivity index (χ3v) is 4.70. The zero-order valence-electron chi connectivity index (χ0n) is 15.8. The quantitative estimate of drug-likeness (QED) is 0.332. The minimum Gasteiger partial charge on any atom is -0.488 e. The van der Waals surface area contributed by atoms with E-state index in [1.807, 2.05) is 19.9 Å². The van der Waals surface area contributed by atoms with Crippen LogP contribution in [0.1, 0.15) is 25.0 Å². The Morgan fingerprint density at radius 1 is 1.17 bits per heavy atom. The van der Waals surface area contributed by atoms with Gasteiger partial charge in [0, 0.05) is 32.2 Å². The Morgan fingerprint density at radius 2 is 1.93 bits per heavy atom. The van der Waals surface area contributed by atoms with Crippen molar-refractivity contribution in [1.29, 1.82) is 0 Å². The number of hydrogen-bond donors (Lipinski definition) is 2. The number of halogens is 3. The van der Waals surface area contributed by atoms with Crippen molar-refractivity contribution in [2.24, 2.45) is 11.0 Å². The lowest BCUT2D eigenvalue weighted by Crippen LogP contribution is -2.39. The summed E-state index contributed by atoms with van der Waals surface area (Å²) in [5, 5.41) is 7.41. The molecule has 0 bridgehead atoms. The maximum Gasteiger partial charge on any atom is 0.329 e. The standard InChI is InChI=1S/C20H20BrCl2N3O3/c1-12(2)9-24-19(27)20(28)26-25-10-14-7-15(21)4-6-18(14)29-11-13-3-5-16(22)8-17(13)23/h3-8,10,12H,9,11H2,1-2H3,(H,24,27)(H,26,28)/b25-10-. The molecule has 9 heteroatoms. The van der Waals surface area contributed by atoms with Crippen molar-refractivity contribution in [1.82, 2.24) is 10.7 Å². The largest absolute Gasteiger partial charge is 0.488 e. The summed E-state index contributed by atoms with van der Waals surface area (Å²) in [6.45, 7) is 4.50. The lowest BCUT2D eigenvalue weighted by Gasteiger charge is -2.11. The molecule has 0 unspecified atom stereocenters. The number of hydrogen-bond acceptors (Lipinski definition) is 4. The summed E-state index contributed by atoms with van der Waals surface area (Å²) in [5.74, 6) is -0.807. The van der Waals surface area contributed by atoms with Crippen molar-refractivity contribution in [2.75, 3.05) is 6.54 Å². The van der Waals surface area contributed by atoms with Crippen molar-refractivity contribution >= 4 is 57.2 Å². The van der Waals surface area contributed by atoms with E-state index in [0.29, 0.717) is 27.9 Å². The summed E-state index contributed by atoms with van der Waals surface area (Å²) in [6, 6.07) is 10.5. The number of carbonyl (C=O) groups is 2. The molecule has 0 heterocycles. The van der Waals surface area contributed by atoms with Crippen LogP contribution in [0.15, 0.2) is 46.0 Å². The fraction of sp³-hybridized carbons (Fsp3) is 0.250. The van der Waals surface area contributed by atoms with Gasteiger partial charge >= 0.3 is 11.8 Å². The first kappa shape index (κ1) is 23.2. The Labute approximate surface area is 187 Å². The van der Waals surface area contributed by atoms with Crippen LogP contribution in [0.3, 0.4) is 0 Å². The number of hydrazone groups is 1. The van der Waals surface area contributed by atoms with Crippen molar-refractivity contribution in [2.45, 2.75) is 20.5 Å². The summed E-state index contributed by atoms with van der Waals surface area (Å²) in [7, 11) is 0. The van der Waals surface area contributed by atoms with Gasteiger partial charge in [-0.05, 0) is 36.2 Å². The molecule has 2 rings (SSSR count). The normalized spacial score (nSPS) is 11.0. The van der Waals surface area contributed by atoms with Gasteiger partial charge in [0.15, 0.2) is 0 Å². The van der Waals surface area contributed by atoms with Gasteiger partial charge in [-0.2, -0.15) is 5.10 Å². The van der Waals surface area contributed by atoms with Crippen molar-refractivity contribution in [3.05, 3.63) is 62.0 Å². The molecular weight excluding hydrogens is 481 g/mol. The van der Waals surface area contributed by atoms with E-state index in [1.54, 1.807) is 30.3 Å². The molecule has 0 fully saturated rings. The van der Waals surface area contributed by atoms with Gasteiger partial charge in [0.25, 0.3) is 0 Å². The Bertz CT molecular complexity index is 920. The third-order valence-electron chi connectivity index (χ3n) is 3.62. The average Bonchev–Trinajstić information content (AvgIpc) is 2.66. The highest BCUT2D eigenvalue weighted by atomic mass is 79.9. The number of carbonyl (C=O) groups excluding carboxylic acids is 2. The minimum absolute atomic E-state index is 0.225. The number of amides is 2. The van der Waals surface area contributed by atoms with E-state index in [2.05, 4.69) is 31.8 Å². The summed E-state index contributed by atoms with van der Waals surface area (Å²) in [5.41, 5.74) is 3.58. The zero-order valence-corrected chi connectivity index (χ0v) is 18.9. The molecule has 2 aromatic rings. The molecule has 6 nitrogen and oxygen atoms in total. The topological polar surface area (TPSA) is 79.8 Å². The average molecular weight is 501 g/mol. The third kappa shape index (κ3) is 7.68. The fourth-order valence-corrected chi connectivity index (χ4v) is 2.98. The van der Waals surface area contributed by atoms with Gasteiger partial charge in [-0.15, -0.1) is 0 Å². The van der Waals surface area contributed by atoms with Crippen LogP contribution < -0.4 is 15.5 Å². The summed E-state index contributed by atoms with van der Waals surface area (Å²) in [6.07, 6.45) is 1.40. The molecule has 2 amide bonds. The number of ether oxygens (including phenoxy) is 1. The maximum absolute atomic E-state index is 11.8. The molecule has 29 heavy (non-hydrogen) atoms. The first-order valence-electron chi connectivity index (χ1n) is 8.73. The first-order chi connectivity index (χ1) is 13.8. The molecule has 0 aliphatic heterocycles. The SMILES string of the molecule is CC(C)CNC(=O)C(=O)N/N=C\c1cc(Br)ccc1OCc1ccc(Cl)cc1Cl. The van der Waals surface area contributed by atoms with Gasteiger partial charge < -0.3 is 10.1 Å². The molecule has 2 aromatic carbocycles. The van der Waals surface area contributed by atoms with E-state index in [4.69, 9.17) is 27.9 Å². The molecule has 0 spiro atoms. The van der Waals surface area contributed by atoms with Crippen LogP contribution in [0.5, 0.6) is 5.75 Å². The Kier molecular flexibility index (Phi) is 8.95. The van der Waals surface area contributed by atoms with Gasteiger partial charge in [-0.3, -0.25) is 9.59 Å². The van der Waals surface area contributed by atoms with Crippen LogP contribution in [-0.4, -0.2) is 24.6 Å². The molecular formula is C20H20BrCl2N3O3. The smallest absolute Gasteiger partial charge is 0.329 e. The highest BCUT2D eigenvalue weighted by Gasteiger charge is 2.12. The van der Waals surface area contributed by atoms with Crippen LogP contribution in [-0.2, 0) is 16.2 Å². The van der Waals surface area contributed by atoms with E-state index in [9.17, 15) is 9.59 Å². The minimum atomic E-state index is -0.840. The molecule has 2 N–H and O–H groups in total. The van der Waals surface area contributed by atoms with E-state index in [1.165, 1.54) is 6.21 Å². The predicted octanol–water partition coefficient (Wildman–Crippen LogP) is 4.56. The zero-order chi connectivity index (χ0) is 21.4. The van der Waals surface area contributed by atoms with E-state index < -0.39 is 11.8 Å². The van der Waals surface area contributed by atoms with Gasteiger partial charge in [-0.25, -0.2) is 5.43 Å². The van der Waals surface area contributed by atoms with E-state index in [-0.39, 0.29) is 12.5 Å². The molecule has 0 atom stereocenters. The molecule has 154 valence electrons. The van der Waals surface area contributed by atoms with Crippen molar-refractivity contribution in [3.8, 4) is 5.75 Å². The number of nitrogens with zero attached hydrogens (tertiary/aromatic N) is 1. The van der Waals surface area contributed by atoms with Crippen LogP contribution in [0.2, 0.25) is 10.0 Å². The fourth-order valence-electron chi connectivity index (χ4n) is 2.13.